The Kier molecular flexibility index (Phi) is 6.48. The molecular weight excluding hydrogens is 239 g/mol. The molecule has 0 bridgehead atoms. The maximum Gasteiger partial charge on any atom is 0.126 e. The maximum absolute atomic E-state index is 13.4. The molecule has 0 aliphatic heterocycles. The molecule has 0 radical (unpaired) electrons. The molecule has 0 fully saturated rings. The summed E-state index contributed by atoms with van der Waals surface area (Å²) in [6, 6.07) is 4.71. The first kappa shape index (κ1) is 14.4. The minimum absolute atomic E-state index is 0.172. The lowest BCUT2D eigenvalue weighted by Gasteiger charge is -2.16. The fraction of sp³-hybridized carbons (Fsp3) is 0.538. The average Bonchev–Trinajstić information content (AvgIpc) is 2.31. The molecule has 96 valence electrons. The van der Waals surface area contributed by atoms with Crippen LogP contribution in [0.25, 0.3) is 0 Å². The number of halogens is 2. The summed E-state index contributed by atoms with van der Waals surface area (Å²) in [5.74, 6) is -0.172. The van der Waals surface area contributed by atoms with Crippen molar-refractivity contribution >= 4 is 11.6 Å². The Morgan fingerprint density at radius 2 is 2.12 bits per heavy atom. The second-order valence-electron chi connectivity index (χ2n) is 4.14. The van der Waals surface area contributed by atoms with Crippen molar-refractivity contribution in [1.82, 2.24) is 10.2 Å². The summed E-state index contributed by atoms with van der Waals surface area (Å²) in [4.78, 5) is 2.18. The highest BCUT2D eigenvalue weighted by Gasteiger charge is 2.04. The normalized spacial score (nSPS) is 11.1. The number of rotatable bonds is 7. The van der Waals surface area contributed by atoms with Crippen LogP contribution in [-0.2, 0) is 6.42 Å². The molecule has 4 heteroatoms. The van der Waals surface area contributed by atoms with Crippen molar-refractivity contribution in [1.29, 1.82) is 0 Å². The van der Waals surface area contributed by atoms with E-state index in [2.05, 4.69) is 17.1 Å². The van der Waals surface area contributed by atoms with Crippen molar-refractivity contribution in [3.05, 3.63) is 34.6 Å². The van der Waals surface area contributed by atoms with Crippen LogP contribution in [0.5, 0.6) is 0 Å². The first-order valence-electron chi connectivity index (χ1n) is 5.96. The van der Waals surface area contributed by atoms with E-state index >= 15 is 0 Å². The van der Waals surface area contributed by atoms with Gasteiger partial charge in [0.1, 0.15) is 5.82 Å². The van der Waals surface area contributed by atoms with E-state index in [0.717, 1.165) is 26.2 Å². The predicted molar refractivity (Wildman–Crippen MR) is 71.2 cm³/mol. The summed E-state index contributed by atoms with van der Waals surface area (Å²) in [6.07, 6.45) is 0.690. The van der Waals surface area contributed by atoms with E-state index < -0.39 is 0 Å². The van der Waals surface area contributed by atoms with Crippen molar-refractivity contribution in [2.75, 3.05) is 33.2 Å². The summed E-state index contributed by atoms with van der Waals surface area (Å²) in [5, 5.41) is 3.86. The summed E-state index contributed by atoms with van der Waals surface area (Å²) >= 11 is 5.84. The molecule has 0 saturated heterocycles. The molecule has 0 saturated carbocycles. The molecule has 17 heavy (non-hydrogen) atoms. The molecule has 0 heterocycles. The molecule has 0 aliphatic rings. The lowest BCUT2D eigenvalue weighted by atomic mass is 10.1. The molecule has 0 amide bonds. The van der Waals surface area contributed by atoms with Gasteiger partial charge in [0.2, 0.25) is 0 Å². The molecule has 1 rings (SSSR count). The zero-order valence-corrected chi connectivity index (χ0v) is 11.2. The molecule has 2 nitrogen and oxygen atoms in total. The van der Waals surface area contributed by atoms with Crippen LogP contribution in [0.15, 0.2) is 18.2 Å². The molecular formula is C13H20ClFN2. The fourth-order valence-corrected chi connectivity index (χ4v) is 1.80. The maximum atomic E-state index is 13.4. The highest BCUT2D eigenvalue weighted by molar-refractivity contribution is 6.30. The number of nitrogens with zero attached hydrogens (tertiary/aromatic N) is 1. The van der Waals surface area contributed by atoms with Gasteiger partial charge in [0.25, 0.3) is 0 Å². The van der Waals surface area contributed by atoms with Crippen LogP contribution in [0.4, 0.5) is 4.39 Å². The summed E-state index contributed by atoms with van der Waals surface area (Å²) in [6.45, 7) is 5.84. The van der Waals surface area contributed by atoms with Crippen molar-refractivity contribution in [2.24, 2.45) is 0 Å². The summed E-state index contributed by atoms with van der Waals surface area (Å²) < 4.78 is 13.4. The van der Waals surface area contributed by atoms with Crippen LogP contribution < -0.4 is 5.32 Å². The quantitative estimate of drug-likeness (QED) is 0.757. The van der Waals surface area contributed by atoms with Crippen molar-refractivity contribution in [2.45, 2.75) is 13.3 Å². The number of nitrogens with one attached hydrogen (secondary N) is 1. The molecule has 0 aromatic heterocycles. The van der Waals surface area contributed by atoms with Crippen LogP contribution in [0.2, 0.25) is 5.02 Å². The van der Waals surface area contributed by atoms with Gasteiger partial charge in [-0.2, -0.15) is 0 Å². The van der Waals surface area contributed by atoms with Gasteiger partial charge < -0.3 is 10.2 Å². The average molecular weight is 259 g/mol. The van der Waals surface area contributed by atoms with Gasteiger partial charge in [-0.15, -0.1) is 0 Å². The summed E-state index contributed by atoms with van der Waals surface area (Å²) in [7, 11) is 2.04. The predicted octanol–water partition coefficient (Wildman–Crippen LogP) is 2.56. The highest BCUT2D eigenvalue weighted by Crippen LogP contribution is 2.15. The number of likely N-dealkylation sites (N-methyl/N-ethyl adjacent to an activating group) is 2. The van der Waals surface area contributed by atoms with E-state index in [1.54, 1.807) is 12.1 Å². The standard InChI is InChI=1S/C13H20ClFN2/c1-3-16-7-9-17(2)8-6-11-10-12(14)4-5-13(11)15/h4-5,10,16H,3,6-9H2,1-2H3. The Morgan fingerprint density at radius 1 is 1.35 bits per heavy atom. The van der Waals surface area contributed by atoms with E-state index in [4.69, 9.17) is 11.6 Å². The van der Waals surface area contributed by atoms with Crippen LogP contribution in [-0.4, -0.2) is 38.1 Å². The SMILES string of the molecule is CCNCCN(C)CCc1cc(Cl)ccc1F. The van der Waals surface area contributed by atoms with Gasteiger partial charge >= 0.3 is 0 Å². The lowest BCUT2D eigenvalue weighted by molar-refractivity contribution is 0.335. The van der Waals surface area contributed by atoms with Crippen LogP contribution in [0, 0.1) is 5.82 Å². The Morgan fingerprint density at radius 3 is 2.82 bits per heavy atom. The van der Waals surface area contributed by atoms with E-state index in [0.29, 0.717) is 17.0 Å². The molecule has 0 unspecified atom stereocenters. The zero-order valence-electron chi connectivity index (χ0n) is 10.5. The first-order chi connectivity index (χ1) is 8.13. The molecule has 1 N–H and O–H groups in total. The minimum atomic E-state index is -0.172. The molecule has 0 atom stereocenters. The van der Waals surface area contributed by atoms with E-state index in [9.17, 15) is 4.39 Å². The van der Waals surface area contributed by atoms with Gasteiger partial charge in [0.15, 0.2) is 0 Å². The number of hydrogen-bond acceptors (Lipinski definition) is 2. The monoisotopic (exact) mass is 258 g/mol. The smallest absolute Gasteiger partial charge is 0.126 e. The minimum Gasteiger partial charge on any atom is -0.316 e. The Labute approximate surface area is 108 Å². The Hall–Kier alpha value is -0.640. The van der Waals surface area contributed by atoms with Gasteiger partial charge in [-0.05, 0) is 43.8 Å². The van der Waals surface area contributed by atoms with Crippen molar-refractivity contribution in [3.8, 4) is 0 Å². The topological polar surface area (TPSA) is 15.3 Å². The van der Waals surface area contributed by atoms with Gasteiger partial charge in [0.05, 0.1) is 0 Å². The van der Waals surface area contributed by atoms with Crippen LogP contribution in [0.1, 0.15) is 12.5 Å². The fourth-order valence-electron chi connectivity index (χ4n) is 1.60. The molecule has 1 aromatic rings. The van der Waals surface area contributed by atoms with Gasteiger partial charge in [-0.25, -0.2) is 4.39 Å². The molecule has 0 aliphatic carbocycles. The van der Waals surface area contributed by atoms with E-state index in [1.807, 2.05) is 7.05 Å². The number of benzene rings is 1. The van der Waals surface area contributed by atoms with E-state index in [1.165, 1.54) is 6.07 Å². The molecule has 1 aromatic carbocycles. The van der Waals surface area contributed by atoms with Crippen molar-refractivity contribution < 1.29 is 4.39 Å². The van der Waals surface area contributed by atoms with Crippen LogP contribution in [0.3, 0.4) is 0 Å². The first-order valence-corrected chi connectivity index (χ1v) is 6.34. The van der Waals surface area contributed by atoms with Crippen LogP contribution >= 0.6 is 11.6 Å². The lowest BCUT2D eigenvalue weighted by Crippen LogP contribution is -2.30. The zero-order chi connectivity index (χ0) is 12.7. The van der Waals surface area contributed by atoms with Gasteiger partial charge in [-0.3, -0.25) is 0 Å². The summed E-state index contributed by atoms with van der Waals surface area (Å²) in [5.41, 5.74) is 0.688. The second-order valence-corrected chi connectivity index (χ2v) is 4.58. The Bertz CT molecular complexity index is 344. The highest BCUT2D eigenvalue weighted by atomic mass is 35.5. The van der Waals surface area contributed by atoms with Crippen molar-refractivity contribution in [3.63, 3.8) is 0 Å². The molecule has 0 spiro atoms. The largest absolute Gasteiger partial charge is 0.316 e. The number of hydrogen-bond donors (Lipinski definition) is 1. The third kappa shape index (κ3) is 5.48. The third-order valence-corrected chi connectivity index (χ3v) is 2.93. The third-order valence-electron chi connectivity index (χ3n) is 2.69. The van der Waals surface area contributed by atoms with Gasteiger partial charge in [-0.1, -0.05) is 18.5 Å². The Balaban J connectivity index is 2.36. The van der Waals surface area contributed by atoms with E-state index in [-0.39, 0.29) is 5.82 Å². The second kappa shape index (κ2) is 7.64. The van der Waals surface area contributed by atoms with Gasteiger partial charge in [0, 0.05) is 24.7 Å².